The summed E-state index contributed by atoms with van der Waals surface area (Å²) in [6.07, 6.45) is 2.72. The van der Waals surface area contributed by atoms with Gasteiger partial charge in [-0.25, -0.2) is 0 Å². The number of hydrogen-bond acceptors (Lipinski definition) is 2. The molecule has 90 valence electrons. The van der Waals surface area contributed by atoms with E-state index in [2.05, 4.69) is 24.0 Å². The molecular weight excluding hydrogens is 222 g/mol. The molecule has 0 spiro atoms. The second-order valence-corrected chi connectivity index (χ2v) is 5.10. The van der Waals surface area contributed by atoms with Gasteiger partial charge in [0.1, 0.15) is 5.82 Å². The molecule has 1 heterocycles. The minimum atomic E-state index is 0.538. The molecule has 1 aliphatic rings. The average molecular weight is 242 g/mol. The van der Waals surface area contributed by atoms with E-state index >= 15 is 0 Å². The molecule has 3 nitrogen and oxygen atoms in total. The second-order valence-electron chi connectivity index (χ2n) is 4.83. The highest BCUT2D eigenvalue weighted by Gasteiger charge is 2.32. The fourth-order valence-corrected chi connectivity index (χ4v) is 2.69. The number of alkyl halides is 1. The van der Waals surface area contributed by atoms with Crippen LogP contribution in [0.4, 0.5) is 5.82 Å². The lowest BCUT2D eigenvalue weighted by Gasteiger charge is -2.27. The van der Waals surface area contributed by atoms with Gasteiger partial charge in [-0.15, -0.1) is 11.6 Å². The zero-order valence-corrected chi connectivity index (χ0v) is 11.3. The van der Waals surface area contributed by atoms with Crippen LogP contribution in [0.5, 0.6) is 0 Å². The van der Waals surface area contributed by atoms with Gasteiger partial charge < -0.3 is 4.90 Å². The first-order chi connectivity index (χ1) is 7.56. The van der Waals surface area contributed by atoms with Crippen molar-refractivity contribution in [3.8, 4) is 0 Å². The first kappa shape index (κ1) is 11.8. The van der Waals surface area contributed by atoms with Gasteiger partial charge in [-0.05, 0) is 32.6 Å². The van der Waals surface area contributed by atoms with Gasteiger partial charge >= 0.3 is 0 Å². The van der Waals surface area contributed by atoms with E-state index in [0.29, 0.717) is 11.9 Å². The van der Waals surface area contributed by atoms with Crippen molar-refractivity contribution in [2.75, 3.05) is 11.9 Å². The fraction of sp³-hybridized carbons (Fsp3) is 0.750. The maximum atomic E-state index is 6.01. The lowest BCUT2D eigenvalue weighted by atomic mass is 10.1. The SMILES string of the molecule is Cc1nn(C)c(N(C)C(C)C2CC2)c1CCl. The molecule has 0 bridgehead atoms. The van der Waals surface area contributed by atoms with Gasteiger partial charge in [0.25, 0.3) is 0 Å². The Hall–Kier alpha value is -0.700. The van der Waals surface area contributed by atoms with Gasteiger partial charge in [-0.2, -0.15) is 5.10 Å². The zero-order valence-electron chi connectivity index (χ0n) is 10.5. The minimum absolute atomic E-state index is 0.538. The fourth-order valence-electron chi connectivity index (χ4n) is 2.38. The Morgan fingerprint density at radius 2 is 2.19 bits per heavy atom. The second kappa shape index (κ2) is 4.28. The largest absolute Gasteiger partial charge is 0.357 e. The summed E-state index contributed by atoms with van der Waals surface area (Å²) in [6.45, 7) is 4.31. The van der Waals surface area contributed by atoms with Crippen LogP contribution in [-0.2, 0) is 12.9 Å². The normalized spacial score (nSPS) is 17.6. The van der Waals surface area contributed by atoms with Gasteiger partial charge in [-0.1, -0.05) is 0 Å². The van der Waals surface area contributed by atoms with Crippen LogP contribution in [0.15, 0.2) is 0 Å². The van der Waals surface area contributed by atoms with E-state index in [4.69, 9.17) is 11.6 Å². The number of rotatable bonds is 4. The molecule has 0 amide bonds. The van der Waals surface area contributed by atoms with Gasteiger partial charge in [-0.3, -0.25) is 4.68 Å². The predicted molar refractivity (Wildman–Crippen MR) is 68.1 cm³/mol. The van der Waals surface area contributed by atoms with Crippen molar-refractivity contribution in [3.63, 3.8) is 0 Å². The highest BCUT2D eigenvalue weighted by atomic mass is 35.5. The number of anilines is 1. The summed E-state index contributed by atoms with van der Waals surface area (Å²) in [5, 5.41) is 4.46. The van der Waals surface area contributed by atoms with Crippen LogP contribution in [0.3, 0.4) is 0 Å². The molecule has 1 unspecified atom stereocenters. The van der Waals surface area contributed by atoms with E-state index in [9.17, 15) is 0 Å². The van der Waals surface area contributed by atoms with E-state index in [1.165, 1.54) is 24.2 Å². The topological polar surface area (TPSA) is 21.1 Å². The van der Waals surface area contributed by atoms with Crippen LogP contribution < -0.4 is 4.90 Å². The van der Waals surface area contributed by atoms with Crippen LogP contribution in [-0.4, -0.2) is 22.9 Å². The molecule has 16 heavy (non-hydrogen) atoms. The van der Waals surface area contributed by atoms with Crippen LogP contribution >= 0.6 is 11.6 Å². The van der Waals surface area contributed by atoms with Crippen molar-refractivity contribution in [3.05, 3.63) is 11.3 Å². The molecule has 0 saturated heterocycles. The summed E-state index contributed by atoms with van der Waals surface area (Å²) in [5.74, 6) is 2.56. The molecule has 1 fully saturated rings. The first-order valence-corrected chi connectivity index (χ1v) is 6.41. The van der Waals surface area contributed by atoms with Crippen molar-refractivity contribution >= 4 is 17.4 Å². The molecule has 1 aliphatic carbocycles. The third-order valence-electron chi connectivity index (χ3n) is 3.70. The molecule has 2 rings (SSSR count). The van der Waals surface area contributed by atoms with Crippen molar-refractivity contribution in [1.82, 2.24) is 9.78 Å². The molecule has 0 N–H and O–H groups in total. The van der Waals surface area contributed by atoms with Crippen LogP contribution in [0.1, 0.15) is 31.0 Å². The van der Waals surface area contributed by atoms with Crippen molar-refractivity contribution in [2.45, 2.75) is 38.6 Å². The summed E-state index contributed by atoms with van der Waals surface area (Å²) in [7, 11) is 4.14. The molecular formula is C12H20ClN3. The third kappa shape index (κ3) is 1.93. The van der Waals surface area contributed by atoms with Crippen molar-refractivity contribution in [1.29, 1.82) is 0 Å². The number of hydrogen-bond donors (Lipinski definition) is 0. The van der Waals surface area contributed by atoms with Gasteiger partial charge in [0.2, 0.25) is 0 Å². The summed E-state index contributed by atoms with van der Waals surface area (Å²) >= 11 is 6.01. The third-order valence-corrected chi connectivity index (χ3v) is 3.96. The molecule has 0 aliphatic heterocycles. The molecule has 1 aromatic heterocycles. The van der Waals surface area contributed by atoms with Crippen LogP contribution in [0.25, 0.3) is 0 Å². The lowest BCUT2D eigenvalue weighted by Crippen LogP contribution is -2.32. The smallest absolute Gasteiger partial charge is 0.131 e. The number of aryl methyl sites for hydroxylation is 2. The molecule has 1 atom stereocenters. The Balaban J connectivity index is 2.30. The van der Waals surface area contributed by atoms with Gasteiger partial charge in [0, 0.05) is 25.7 Å². The standard InChI is InChI=1S/C12H20ClN3/c1-8-11(7-13)12(16(4)14-8)15(3)9(2)10-5-6-10/h9-10H,5-7H2,1-4H3. The van der Waals surface area contributed by atoms with E-state index < -0.39 is 0 Å². The predicted octanol–water partition coefficient (Wildman–Crippen LogP) is 2.70. The monoisotopic (exact) mass is 241 g/mol. The Morgan fingerprint density at radius 1 is 1.56 bits per heavy atom. The van der Waals surface area contributed by atoms with Gasteiger partial charge in [0.15, 0.2) is 0 Å². The maximum Gasteiger partial charge on any atom is 0.131 e. The first-order valence-electron chi connectivity index (χ1n) is 5.87. The van der Waals surface area contributed by atoms with E-state index in [0.717, 1.165) is 11.6 Å². The van der Waals surface area contributed by atoms with Crippen molar-refractivity contribution in [2.24, 2.45) is 13.0 Å². The molecule has 1 aromatic rings. The Kier molecular flexibility index (Phi) is 3.15. The Labute approximate surface area is 102 Å². The minimum Gasteiger partial charge on any atom is -0.357 e. The zero-order chi connectivity index (χ0) is 11.9. The van der Waals surface area contributed by atoms with Crippen LogP contribution in [0, 0.1) is 12.8 Å². The summed E-state index contributed by atoms with van der Waals surface area (Å²) in [5.41, 5.74) is 2.21. The summed E-state index contributed by atoms with van der Waals surface area (Å²) in [6, 6.07) is 0.580. The highest BCUT2D eigenvalue weighted by molar-refractivity contribution is 6.17. The average Bonchev–Trinajstić information content (AvgIpc) is 3.03. The maximum absolute atomic E-state index is 6.01. The highest BCUT2D eigenvalue weighted by Crippen LogP contribution is 2.37. The Bertz CT molecular complexity index is 382. The number of halogens is 1. The van der Waals surface area contributed by atoms with E-state index in [-0.39, 0.29) is 0 Å². The summed E-state index contributed by atoms with van der Waals surface area (Å²) < 4.78 is 1.95. The molecule has 1 saturated carbocycles. The van der Waals surface area contributed by atoms with Crippen molar-refractivity contribution < 1.29 is 0 Å². The lowest BCUT2D eigenvalue weighted by molar-refractivity contribution is 0.586. The number of nitrogens with zero attached hydrogens (tertiary/aromatic N) is 3. The van der Waals surface area contributed by atoms with E-state index in [1.807, 2.05) is 18.7 Å². The van der Waals surface area contributed by atoms with E-state index in [1.54, 1.807) is 0 Å². The van der Waals surface area contributed by atoms with Gasteiger partial charge in [0.05, 0.1) is 11.6 Å². The quantitative estimate of drug-likeness (QED) is 0.756. The Morgan fingerprint density at radius 3 is 2.69 bits per heavy atom. The molecule has 0 radical (unpaired) electrons. The van der Waals surface area contributed by atoms with Crippen LogP contribution in [0.2, 0.25) is 0 Å². The molecule has 0 aromatic carbocycles. The molecule has 4 heteroatoms. The number of aromatic nitrogens is 2. The summed E-state index contributed by atoms with van der Waals surface area (Å²) in [4.78, 5) is 2.33.